The highest BCUT2D eigenvalue weighted by Crippen LogP contribution is 2.15. The van der Waals surface area contributed by atoms with Gasteiger partial charge >= 0.3 is 0 Å². The van der Waals surface area contributed by atoms with Gasteiger partial charge in [0.15, 0.2) is 0 Å². The van der Waals surface area contributed by atoms with Crippen molar-refractivity contribution in [3.63, 3.8) is 0 Å². The molecule has 6 heteroatoms. The Labute approximate surface area is 143 Å². The Morgan fingerprint density at radius 3 is 2.83 bits per heavy atom. The van der Waals surface area contributed by atoms with Gasteiger partial charge in [0.1, 0.15) is 11.9 Å². The second kappa shape index (κ2) is 7.93. The van der Waals surface area contributed by atoms with Crippen molar-refractivity contribution in [2.24, 2.45) is 0 Å². The number of aryl methyl sites for hydroxylation is 1. The maximum Gasteiger partial charge on any atom is 0.128 e. The van der Waals surface area contributed by atoms with E-state index in [1.807, 2.05) is 23.0 Å². The quantitative estimate of drug-likeness (QED) is 0.844. The number of rotatable bonds is 5. The van der Waals surface area contributed by atoms with Crippen LogP contribution in [0.3, 0.4) is 0 Å². The van der Waals surface area contributed by atoms with E-state index in [9.17, 15) is 0 Å². The van der Waals surface area contributed by atoms with Crippen LogP contribution >= 0.6 is 0 Å². The molecule has 126 valence electrons. The first-order valence-corrected chi connectivity index (χ1v) is 8.63. The van der Waals surface area contributed by atoms with E-state index in [-0.39, 0.29) is 0 Å². The van der Waals surface area contributed by atoms with Crippen LogP contribution in [0.1, 0.15) is 30.9 Å². The molecule has 0 bridgehead atoms. The second-order valence-corrected chi connectivity index (χ2v) is 6.25. The number of aromatic nitrogens is 3. The van der Waals surface area contributed by atoms with Gasteiger partial charge in [-0.15, -0.1) is 0 Å². The lowest BCUT2D eigenvalue weighted by molar-refractivity contribution is 0.285. The zero-order valence-corrected chi connectivity index (χ0v) is 14.2. The smallest absolute Gasteiger partial charge is 0.128 e. The number of hydrogen-bond acceptors (Lipinski definition) is 5. The van der Waals surface area contributed by atoms with Gasteiger partial charge in [0.25, 0.3) is 0 Å². The third-order valence-corrected chi connectivity index (χ3v) is 4.34. The van der Waals surface area contributed by atoms with Crippen molar-refractivity contribution in [1.82, 2.24) is 19.7 Å². The van der Waals surface area contributed by atoms with Crippen LogP contribution in [-0.2, 0) is 13.1 Å². The highest BCUT2D eigenvalue weighted by molar-refractivity contribution is 5.42. The van der Waals surface area contributed by atoms with Crippen molar-refractivity contribution in [2.75, 3.05) is 31.1 Å². The summed E-state index contributed by atoms with van der Waals surface area (Å²) in [5, 5.41) is 13.3. The predicted octanol–water partition coefficient (Wildman–Crippen LogP) is 2.27. The SMILES string of the molecule is CCCn1cc(CN2CCCN(c3ccc(C#N)cn3)CC2)cn1. The van der Waals surface area contributed by atoms with Crippen molar-refractivity contribution < 1.29 is 0 Å². The molecule has 0 aromatic carbocycles. The lowest BCUT2D eigenvalue weighted by Crippen LogP contribution is -2.30. The maximum atomic E-state index is 8.88. The van der Waals surface area contributed by atoms with Gasteiger partial charge in [0.2, 0.25) is 0 Å². The van der Waals surface area contributed by atoms with Crippen LogP contribution in [0.5, 0.6) is 0 Å². The molecule has 2 aromatic heterocycles. The minimum Gasteiger partial charge on any atom is -0.355 e. The standard InChI is InChI=1S/C18H24N6/c1-2-6-24-15-17(13-21-24)14-22-7-3-8-23(10-9-22)18-5-4-16(11-19)12-20-18/h4-5,12-13,15H,2-3,6-10,14H2,1H3. The van der Waals surface area contributed by atoms with Crippen molar-refractivity contribution in [3.8, 4) is 6.07 Å². The van der Waals surface area contributed by atoms with E-state index in [1.165, 1.54) is 5.56 Å². The van der Waals surface area contributed by atoms with Crippen LogP contribution in [0.4, 0.5) is 5.82 Å². The highest BCUT2D eigenvalue weighted by atomic mass is 15.3. The molecule has 1 aliphatic heterocycles. The van der Waals surface area contributed by atoms with Gasteiger partial charge in [0.05, 0.1) is 11.8 Å². The van der Waals surface area contributed by atoms with Crippen LogP contribution < -0.4 is 4.90 Å². The fourth-order valence-corrected chi connectivity index (χ4v) is 3.10. The summed E-state index contributed by atoms with van der Waals surface area (Å²) in [7, 11) is 0. The minimum atomic E-state index is 0.610. The van der Waals surface area contributed by atoms with Crippen molar-refractivity contribution in [2.45, 2.75) is 32.9 Å². The first kappa shape index (κ1) is 16.5. The van der Waals surface area contributed by atoms with Crippen molar-refractivity contribution >= 4 is 5.82 Å². The summed E-state index contributed by atoms with van der Waals surface area (Å²) in [6, 6.07) is 5.91. The zero-order valence-electron chi connectivity index (χ0n) is 14.2. The lowest BCUT2D eigenvalue weighted by atomic mass is 10.3. The molecule has 3 heterocycles. The van der Waals surface area contributed by atoms with Crippen LogP contribution in [0.15, 0.2) is 30.7 Å². The molecule has 2 aromatic rings. The number of anilines is 1. The van der Waals surface area contributed by atoms with Gasteiger partial charge in [-0.1, -0.05) is 6.92 Å². The Morgan fingerprint density at radius 1 is 1.17 bits per heavy atom. The molecule has 1 fully saturated rings. The van der Waals surface area contributed by atoms with E-state index >= 15 is 0 Å². The fourth-order valence-electron chi connectivity index (χ4n) is 3.10. The molecule has 0 spiro atoms. The maximum absolute atomic E-state index is 8.88. The molecule has 6 nitrogen and oxygen atoms in total. The second-order valence-electron chi connectivity index (χ2n) is 6.25. The van der Waals surface area contributed by atoms with Gasteiger partial charge in [0, 0.05) is 57.2 Å². The first-order chi connectivity index (χ1) is 11.8. The summed E-state index contributed by atoms with van der Waals surface area (Å²) in [4.78, 5) is 9.21. The van der Waals surface area contributed by atoms with Crippen molar-refractivity contribution in [3.05, 3.63) is 41.9 Å². The first-order valence-electron chi connectivity index (χ1n) is 8.63. The molecule has 0 saturated carbocycles. The summed E-state index contributed by atoms with van der Waals surface area (Å²) in [5.41, 5.74) is 1.90. The summed E-state index contributed by atoms with van der Waals surface area (Å²) < 4.78 is 2.03. The Balaban J connectivity index is 1.57. The Bertz CT molecular complexity index is 684. The molecule has 0 amide bonds. The molecule has 0 aliphatic carbocycles. The minimum absolute atomic E-state index is 0.610. The van der Waals surface area contributed by atoms with Gasteiger partial charge < -0.3 is 4.90 Å². The van der Waals surface area contributed by atoms with E-state index < -0.39 is 0 Å². The van der Waals surface area contributed by atoms with E-state index in [0.29, 0.717) is 5.56 Å². The molecule has 1 aliphatic rings. The van der Waals surface area contributed by atoms with Crippen LogP contribution in [0.25, 0.3) is 0 Å². The van der Waals surface area contributed by atoms with Gasteiger partial charge in [-0.2, -0.15) is 10.4 Å². The lowest BCUT2D eigenvalue weighted by Gasteiger charge is -2.22. The largest absolute Gasteiger partial charge is 0.355 e. The summed E-state index contributed by atoms with van der Waals surface area (Å²) in [6.07, 6.45) is 8.02. The molecule has 0 radical (unpaired) electrons. The summed E-state index contributed by atoms with van der Waals surface area (Å²) in [6.45, 7) is 8.18. The molecular weight excluding hydrogens is 300 g/mol. The molecule has 0 N–H and O–H groups in total. The number of pyridine rings is 1. The van der Waals surface area contributed by atoms with Crippen LogP contribution in [0.2, 0.25) is 0 Å². The number of nitriles is 1. The Hall–Kier alpha value is -2.39. The van der Waals surface area contributed by atoms with Gasteiger partial charge in [-0.05, 0) is 25.0 Å². The molecule has 0 atom stereocenters. The zero-order chi connectivity index (χ0) is 16.8. The van der Waals surface area contributed by atoms with Gasteiger partial charge in [-0.25, -0.2) is 4.98 Å². The summed E-state index contributed by atoms with van der Waals surface area (Å²) in [5.74, 6) is 0.964. The topological polar surface area (TPSA) is 61.0 Å². The predicted molar refractivity (Wildman–Crippen MR) is 93.6 cm³/mol. The van der Waals surface area contributed by atoms with E-state index in [1.54, 1.807) is 6.20 Å². The molecule has 3 rings (SSSR count). The molecule has 0 unspecified atom stereocenters. The third-order valence-electron chi connectivity index (χ3n) is 4.34. The summed E-state index contributed by atoms with van der Waals surface area (Å²) >= 11 is 0. The van der Waals surface area contributed by atoms with E-state index in [4.69, 9.17) is 5.26 Å². The van der Waals surface area contributed by atoms with Crippen LogP contribution in [0, 0.1) is 11.3 Å². The Kier molecular flexibility index (Phi) is 5.44. The third kappa shape index (κ3) is 4.12. The Morgan fingerprint density at radius 2 is 2.08 bits per heavy atom. The molecular formula is C18H24N6. The van der Waals surface area contributed by atoms with Gasteiger partial charge in [-0.3, -0.25) is 9.58 Å². The van der Waals surface area contributed by atoms with E-state index in [0.717, 1.165) is 57.9 Å². The number of hydrogen-bond donors (Lipinski definition) is 0. The fraction of sp³-hybridized carbons (Fsp3) is 0.500. The average Bonchev–Trinajstić information content (AvgIpc) is 2.91. The molecule has 24 heavy (non-hydrogen) atoms. The highest BCUT2D eigenvalue weighted by Gasteiger charge is 2.16. The molecule has 1 saturated heterocycles. The van der Waals surface area contributed by atoms with Crippen LogP contribution in [-0.4, -0.2) is 45.8 Å². The van der Waals surface area contributed by atoms with E-state index in [2.05, 4.69) is 39.1 Å². The normalized spacial score (nSPS) is 15.9. The number of nitrogens with zero attached hydrogens (tertiary/aromatic N) is 6. The monoisotopic (exact) mass is 324 g/mol. The van der Waals surface area contributed by atoms with Crippen molar-refractivity contribution in [1.29, 1.82) is 5.26 Å². The average molecular weight is 324 g/mol.